The quantitative estimate of drug-likeness (QED) is 0.778. The van der Waals surface area contributed by atoms with Gasteiger partial charge in [-0.3, -0.25) is 14.6 Å². The van der Waals surface area contributed by atoms with Crippen LogP contribution in [0.25, 0.3) is 0 Å². The Balaban J connectivity index is 1.43. The van der Waals surface area contributed by atoms with Crippen molar-refractivity contribution >= 4 is 23.2 Å². The number of hydrogen-bond acceptors (Lipinski definition) is 3. The molecule has 0 bridgehead atoms. The molecule has 4 nitrogen and oxygen atoms in total. The molecule has 3 rings (SSSR count). The molecule has 0 spiro atoms. The van der Waals surface area contributed by atoms with Crippen molar-refractivity contribution in [3.05, 3.63) is 64.4 Å². The van der Waals surface area contributed by atoms with Crippen molar-refractivity contribution in [1.29, 1.82) is 0 Å². The maximum atomic E-state index is 13.3. The van der Waals surface area contributed by atoms with Crippen molar-refractivity contribution in [3.8, 4) is 0 Å². The molecule has 0 saturated carbocycles. The van der Waals surface area contributed by atoms with Gasteiger partial charge >= 0.3 is 0 Å². The molecule has 1 aliphatic rings. The molecule has 0 aliphatic carbocycles. The van der Waals surface area contributed by atoms with Crippen LogP contribution in [-0.2, 0) is 11.3 Å². The summed E-state index contributed by atoms with van der Waals surface area (Å²) in [4.78, 5) is 16.8. The molecular weight excluding hydrogens is 377 g/mol. The predicted molar refractivity (Wildman–Crippen MR) is 112 cm³/mol. The van der Waals surface area contributed by atoms with Gasteiger partial charge in [-0.2, -0.15) is 0 Å². The van der Waals surface area contributed by atoms with E-state index in [4.69, 9.17) is 11.6 Å². The van der Waals surface area contributed by atoms with Crippen LogP contribution < -0.4 is 5.32 Å². The van der Waals surface area contributed by atoms with Crippen molar-refractivity contribution in [2.75, 3.05) is 38.0 Å². The van der Waals surface area contributed by atoms with E-state index in [1.807, 2.05) is 12.1 Å². The lowest BCUT2D eigenvalue weighted by Crippen LogP contribution is -2.48. The number of nitrogens with one attached hydrogen (secondary N) is 1. The highest BCUT2D eigenvalue weighted by Gasteiger charge is 2.19. The van der Waals surface area contributed by atoms with E-state index in [1.165, 1.54) is 11.6 Å². The highest BCUT2D eigenvalue weighted by molar-refractivity contribution is 6.30. The fourth-order valence-electron chi connectivity index (χ4n) is 3.36. The Morgan fingerprint density at radius 2 is 1.71 bits per heavy atom. The van der Waals surface area contributed by atoms with E-state index in [1.54, 1.807) is 12.1 Å². The lowest BCUT2D eigenvalue weighted by Gasteiger charge is -2.34. The number of nitrogens with zero attached hydrogens (tertiary/aromatic N) is 2. The molecule has 0 aromatic heterocycles. The second kappa shape index (κ2) is 9.50. The summed E-state index contributed by atoms with van der Waals surface area (Å²) in [6, 6.07) is 12.9. The van der Waals surface area contributed by atoms with E-state index < -0.39 is 0 Å². The Morgan fingerprint density at radius 3 is 2.32 bits per heavy atom. The third kappa shape index (κ3) is 5.77. The molecule has 1 N–H and O–H groups in total. The topological polar surface area (TPSA) is 35.6 Å². The normalized spacial score (nSPS) is 15.8. The van der Waals surface area contributed by atoms with Crippen molar-refractivity contribution in [3.63, 3.8) is 0 Å². The first kappa shape index (κ1) is 20.8. The number of amides is 1. The van der Waals surface area contributed by atoms with Crippen LogP contribution in [-0.4, -0.2) is 48.4 Å². The Morgan fingerprint density at radius 1 is 1.07 bits per heavy atom. The summed E-state index contributed by atoms with van der Waals surface area (Å²) in [7, 11) is 0. The Bertz CT molecular complexity index is 802. The van der Waals surface area contributed by atoms with E-state index in [9.17, 15) is 9.18 Å². The summed E-state index contributed by atoms with van der Waals surface area (Å²) < 4.78 is 13.3. The average molecular weight is 404 g/mol. The number of piperazine rings is 1. The maximum absolute atomic E-state index is 13.3. The summed E-state index contributed by atoms with van der Waals surface area (Å²) in [6.07, 6.45) is 0. The first-order valence-electron chi connectivity index (χ1n) is 9.69. The van der Waals surface area contributed by atoms with Gasteiger partial charge in [-0.05, 0) is 41.3 Å². The minimum absolute atomic E-state index is 0.0102. The largest absolute Gasteiger partial charge is 0.325 e. The van der Waals surface area contributed by atoms with E-state index in [-0.39, 0.29) is 16.7 Å². The third-order valence-corrected chi connectivity index (χ3v) is 5.37. The van der Waals surface area contributed by atoms with Gasteiger partial charge in [0.1, 0.15) is 5.82 Å². The van der Waals surface area contributed by atoms with Crippen molar-refractivity contribution in [1.82, 2.24) is 9.80 Å². The number of rotatable bonds is 6. The molecule has 1 fully saturated rings. The molecule has 28 heavy (non-hydrogen) atoms. The standard InChI is InChI=1S/C22H27ClFN3O/c1-16(2)18-4-6-19(7-5-18)25-22(28)15-27-11-9-26(10-12-27)14-17-3-8-21(24)20(23)13-17/h3-8,13,16H,9-12,14-15H2,1-2H3,(H,25,28). The van der Waals surface area contributed by atoms with Crippen LogP contribution in [0.15, 0.2) is 42.5 Å². The molecule has 1 amide bonds. The monoisotopic (exact) mass is 403 g/mol. The summed E-state index contributed by atoms with van der Waals surface area (Å²) in [6.45, 7) is 8.82. The van der Waals surface area contributed by atoms with Crippen molar-refractivity contribution < 1.29 is 9.18 Å². The van der Waals surface area contributed by atoms with Crippen LogP contribution in [0.5, 0.6) is 0 Å². The lowest BCUT2D eigenvalue weighted by atomic mass is 10.0. The number of anilines is 1. The van der Waals surface area contributed by atoms with Gasteiger partial charge in [0.15, 0.2) is 0 Å². The minimum Gasteiger partial charge on any atom is -0.325 e. The fraction of sp³-hybridized carbons (Fsp3) is 0.409. The first-order valence-corrected chi connectivity index (χ1v) is 10.1. The third-order valence-electron chi connectivity index (χ3n) is 5.08. The molecule has 0 unspecified atom stereocenters. The molecule has 0 radical (unpaired) electrons. The summed E-state index contributed by atoms with van der Waals surface area (Å²) in [5.74, 6) is 0.100. The Kier molecular flexibility index (Phi) is 7.05. The predicted octanol–water partition coefficient (Wildman–Crippen LogP) is 4.36. The van der Waals surface area contributed by atoms with Crippen LogP contribution in [0.3, 0.4) is 0 Å². The van der Waals surface area contributed by atoms with Gasteiger partial charge in [0.2, 0.25) is 5.91 Å². The number of carbonyl (C=O) groups is 1. The molecule has 2 aromatic rings. The van der Waals surface area contributed by atoms with E-state index in [0.29, 0.717) is 12.5 Å². The molecule has 1 heterocycles. The number of benzene rings is 2. The zero-order chi connectivity index (χ0) is 20.1. The molecule has 2 aromatic carbocycles. The van der Waals surface area contributed by atoms with Gasteiger partial charge < -0.3 is 5.32 Å². The second-order valence-corrected chi connectivity index (χ2v) is 8.03. The fourth-order valence-corrected chi connectivity index (χ4v) is 3.56. The summed E-state index contributed by atoms with van der Waals surface area (Å²) >= 11 is 5.86. The average Bonchev–Trinajstić information content (AvgIpc) is 2.67. The highest BCUT2D eigenvalue weighted by Crippen LogP contribution is 2.19. The molecule has 1 saturated heterocycles. The van der Waals surface area contributed by atoms with Crippen LogP contribution in [0.2, 0.25) is 5.02 Å². The van der Waals surface area contributed by atoms with Crippen LogP contribution in [0.4, 0.5) is 10.1 Å². The number of halogens is 2. The second-order valence-electron chi connectivity index (χ2n) is 7.63. The number of carbonyl (C=O) groups excluding carboxylic acids is 1. The van der Waals surface area contributed by atoms with E-state index in [0.717, 1.165) is 44.0 Å². The maximum Gasteiger partial charge on any atom is 0.238 e. The van der Waals surface area contributed by atoms with E-state index in [2.05, 4.69) is 41.1 Å². The SMILES string of the molecule is CC(C)c1ccc(NC(=O)CN2CCN(Cc3ccc(F)c(Cl)c3)CC2)cc1. The molecule has 6 heteroatoms. The van der Waals surface area contributed by atoms with Crippen molar-refractivity contribution in [2.24, 2.45) is 0 Å². The Hall–Kier alpha value is -1.95. The molecule has 0 atom stereocenters. The zero-order valence-corrected chi connectivity index (χ0v) is 17.2. The van der Waals surface area contributed by atoms with Crippen LogP contribution in [0.1, 0.15) is 30.9 Å². The van der Waals surface area contributed by atoms with Gasteiger partial charge in [0.25, 0.3) is 0 Å². The van der Waals surface area contributed by atoms with Gasteiger partial charge in [-0.1, -0.05) is 43.6 Å². The zero-order valence-electron chi connectivity index (χ0n) is 16.4. The van der Waals surface area contributed by atoms with Gasteiger partial charge in [-0.25, -0.2) is 4.39 Å². The van der Waals surface area contributed by atoms with E-state index >= 15 is 0 Å². The first-order chi connectivity index (χ1) is 13.4. The van der Waals surface area contributed by atoms with Crippen LogP contribution >= 0.6 is 11.6 Å². The lowest BCUT2D eigenvalue weighted by molar-refractivity contribution is -0.117. The highest BCUT2D eigenvalue weighted by atomic mass is 35.5. The van der Waals surface area contributed by atoms with Gasteiger partial charge in [-0.15, -0.1) is 0 Å². The Labute approximate surface area is 171 Å². The molecule has 150 valence electrons. The summed E-state index contributed by atoms with van der Waals surface area (Å²) in [5.41, 5.74) is 3.10. The van der Waals surface area contributed by atoms with Gasteiger partial charge in [0, 0.05) is 38.4 Å². The smallest absolute Gasteiger partial charge is 0.238 e. The summed E-state index contributed by atoms with van der Waals surface area (Å²) in [5, 5.41) is 3.13. The number of hydrogen-bond donors (Lipinski definition) is 1. The molecular formula is C22H27ClFN3O. The van der Waals surface area contributed by atoms with Crippen molar-refractivity contribution in [2.45, 2.75) is 26.3 Å². The van der Waals surface area contributed by atoms with Gasteiger partial charge in [0.05, 0.1) is 11.6 Å². The minimum atomic E-state index is -0.389. The van der Waals surface area contributed by atoms with Crippen LogP contribution in [0, 0.1) is 5.82 Å². The molecule has 1 aliphatic heterocycles.